The number of piperidine rings is 1. The molecule has 2 rings (SSSR count). The molecular formula is C10H17NO3. The van der Waals surface area contributed by atoms with Gasteiger partial charge in [0.25, 0.3) is 0 Å². The van der Waals surface area contributed by atoms with Crippen LogP contribution in [0, 0.1) is 0 Å². The van der Waals surface area contributed by atoms with Crippen molar-refractivity contribution < 1.29 is 14.6 Å². The van der Waals surface area contributed by atoms with E-state index in [1.165, 1.54) is 0 Å². The molecule has 1 N–H and O–H groups in total. The first-order chi connectivity index (χ1) is 6.75. The van der Waals surface area contributed by atoms with Crippen LogP contribution < -0.4 is 0 Å². The number of β-amino-alcohol motifs (C(OH)–C–C–N with tert-alkyl or cyclic N) is 1. The maximum Gasteiger partial charge on any atom is 0.222 e. The molecule has 0 radical (unpaired) electrons. The number of amides is 1. The summed E-state index contributed by atoms with van der Waals surface area (Å²) < 4.78 is 5.46. The largest absolute Gasteiger partial charge is 0.391 e. The molecule has 0 aromatic carbocycles. The number of ether oxygens (including phenoxy) is 1. The number of rotatable bonds is 2. The zero-order valence-electron chi connectivity index (χ0n) is 8.32. The van der Waals surface area contributed by atoms with E-state index in [0.29, 0.717) is 25.9 Å². The Bertz CT molecular complexity index is 213. The number of aliphatic hydroxyl groups is 1. The Morgan fingerprint density at radius 2 is 2.36 bits per heavy atom. The van der Waals surface area contributed by atoms with Crippen LogP contribution in [0.4, 0.5) is 0 Å². The predicted molar refractivity (Wildman–Crippen MR) is 50.8 cm³/mol. The first-order valence-electron chi connectivity index (χ1n) is 5.33. The minimum absolute atomic E-state index is 0.158. The van der Waals surface area contributed by atoms with Crippen LogP contribution in [0.2, 0.25) is 0 Å². The monoisotopic (exact) mass is 199 g/mol. The molecule has 2 aliphatic rings. The lowest BCUT2D eigenvalue weighted by Crippen LogP contribution is -2.45. The predicted octanol–water partition coefficient (Wildman–Crippen LogP) is 0.149. The topological polar surface area (TPSA) is 49.8 Å². The van der Waals surface area contributed by atoms with Crippen molar-refractivity contribution in [3.8, 4) is 0 Å². The Morgan fingerprint density at radius 3 is 3.07 bits per heavy atom. The van der Waals surface area contributed by atoms with E-state index in [1.807, 2.05) is 0 Å². The number of hydrogen-bond donors (Lipinski definition) is 1. The van der Waals surface area contributed by atoms with Gasteiger partial charge in [-0.1, -0.05) is 0 Å². The molecule has 0 spiro atoms. The fourth-order valence-electron chi connectivity index (χ4n) is 2.11. The number of aliphatic hydroxyl groups excluding tert-OH is 1. The average Bonchev–Trinajstić information content (AvgIpc) is 2.64. The summed E-state index contributed by atoms with van der Waals surface area (Å²) in [4.78, 5) is 13.2. The van der Waals surface area contributed by atoms with Gasteiger partial charge in [-0.25, -0.2) is 0 Å². The van der Waals surface area contributed by atoms with Gasteiger partial charge in [-0.05, 0) is 19.3 Å². The highest BCUT2D eigenvalue weighted by Crippen LogP contribution is 2.17. The second-order valence-corrected chi connectivity index (χ2v) is 4.13. The van der Waals surface area contributed by atoms with Crippen molar-refractivity contribution in [2.24, 2.45) is 0 Å². The SMILES string of the molecule is O=C1CCC(O)CN1CC1CCCO1. The molecule has 2 heterocycles. The lowest BCUT2D eigenvalue weighted by Gasteiger charge is -2.31. The second kappa shape index (κ2) is 4.28. The highest BCUT2D eigenvalue weighted by atomic mass is 16.5. The molecule has 4 nitrogen and oxygen atoms in total. The van der Waals surface area contributed by atoms with Gasteiger partial charge >= 0.3 is 0 Å². The number of carbonyl (C=O) groups is 1. The van der Waals surface area contributed by atoms with Gasteiger partial charge in [0.1, 0.15) is 0 Å². The Morgan fingerprint density at radius 1 is 1.50 bits per heavy atom. The normalized spacial score (nSPS) is 33.8. The minimum Gasteiger partial charge on any atom is -0.391 e. The van der Waals surface area contributed by atoms with Crippen molar-refractivity contribution >= 4 is 5.91 Å². The van der Waals surface area contributed by atoms with Gasteiger partial charge in [-0.3, -0.25) is 4.79 Å². The van der Waals surface area contributed by atoms with E-state index in [-0.39, 0.29) is 18.1 Å². The lowest BCUT2D eigenvalue weighted by atomic mass is 10.1. The molecule has 2 saturated heterocycles. The summed E-state index contributed by atoms with van der Waals surface area (Å²) in [5.74, 6) is 0.158. The lowest BCUT2D eigenvalue weighted by molar-refractivity contribution is -0.138. The molecule has 4 heteroatoms. The number of likely N-dealkylation sites (tertiary alicyclic amines) is 1. The van der Waals surface area contributed by atoms with Crippen molar-refractivity contribution in [1.82, 2.24) is 4.90 Å². The van der Waals surface area contributed by atoms with Crippen LogP contribution in [-0.2, 0) is 9.53 Å². The molecule has 2 aliphatic heterocycles. The van der Waals surface area contributed by atoms with Crippen molar-refractivity contribution in [3.05, 3.63) is 0 Å². The standard InChI is InChI=1S/C10H17NO3/c12-8-3-4-10(13)11(6-8)7-9-2-1-5-14-9/h8-9,12H,1-7H2. The third-order valence-electron chi connectivity index (χ3n) is 2.92. The molecule has 0 bridgehead atoms. The van der Waals surface area contributed by atoms with Crippen LogP contribution in [0.5, 0.6) is 0 Å². The third kappa shape index (κ3) is 2.25. The van der Waals surface area contributed by atoms with Crippen LogP contribution in [0.3, 0.4) is 0 Å². The second-order valence-electron chi connectivity index (χ2n) is 4.13. The van der Waals surface area contributed by atoms with E-state index < -0.39 is 0 Å². The van der Waals surface area contributed by atoms with E-state index in [4.69, 9.17) is 4.74 Å². The zero-order valence-corrected chi connectivity index (χ0v) is 8.32. The van der Waals surface area contributed by atoms with E-state index in [0.717, 1.165) is 19.4 Å². The number of carbonyl (C=O) groups excluding carboxylic acids is 1. The van der Waals surface area contributed by atoms with Gasteiger partial charge in [0.05, 0.1) is 12.2 Å². The third-order valence-corrected chi connectivity index (χ3v) is 2.92. The molecule has 2 unspecified atom stereocenters. The van der Waals surface area contributed by atoms with Gasteiger partial charge < -0.3 is 14.7 Å². The number of hydrogen-bond acceptors (Lipinski definition) is 3. The summed E-state index contributed by atoms with van der Waals surface area (Å²) in [6.45, 7) is 1.96. The molecule has 14 heavy (non-hydrogen) atoms. The van der Waals surface area contributed by atoms with Gasteiger partial charge in [0, 0.05) is 26.1 Å². The average molecular weight is 199 g/mol. The van der Waals surface area contributed by atoms with E-state index >= 15 is 0 Å². The maximum absolute atomic E-state index is 11.5. The van der Waals surface area contributed by atoms with Crippen molar-refractivity contribution in [3.63, 3.8) is 0 Å². The van der Waals surface area contributed by atoms with Crippen molar-refractivity contribution in [2.75, 3.05) is 19.7 Å². The smallest absolute Gasteiger partial charge is 0.222 e. The summed E-state index contributed by atoms with van der Waals surface area (Å²) in [6.07, 6.45) is 3.09. The quantitative estimate of drug-likeness (QED) is 0.688. The molecule has 0 aliphatic carbocycles. The number of nitrogens with zero attached hydrogens (tertiary/aromatic N) is 1. The zero-order chi connectivity index (χ0) is 9.97. The van der Waals surface area contributed by atoms with Crippen LogP contribution >= 0.6 is 0 Å². The Kier molecular flexibility index (Phi) is 3.03. The fourth-order valence-corrected chi connectivity index (χ4v) is 2.11. The molecule has 2 atom stereocenters. The molecule has 0 aromatic rings. The van der Waals surface area contributed by atoms with E-state index in [2.05, 4.69) is 0 Å². The van der Waals surface area contributed by atoms with Gasteiger partial charge in [0.2, 0.25) is 5.91 Å². The van der Waals surface area contributed by atoms with Gasteiger partial charge in [0.15, 0.2) is 0 Å². The Balaban J connectivity index is 1.85. The van der Waals surface area contributed by atoms with E-state index in [9.17, 15) is 9.90 Å². The molecule has 80 valence electrons. The summed E-state index contributed by atoms with van der Waals surface area (Å²) in [6, 6.07) is 0. The van der Waals surface area contributed by atoms with Crippen molar-refractivity contribution in [1.29, 1.82) is 0 Å². The molecule has 0 aromatic heterocycles. The van der Waals surface area contributed by atoms with Crippen LogP contribution in [-0.4, -0.2) is 47.8 Å². The summed E-state index contributed by atoms with van der Waals surface area (Å²) >= 11 is 0. The maximum atomic E-state index is 11.5. The summed E-state index contributed by atoms with van der Waals surface area (Å²) in [5, 5.41) is 9.44. The molecule has 2 fully saturated rings. The van der Waals surface area contributed by atoms with Crippen LogP contribution in [0.15, 0.2) is 0 Å². The molecule has 0 saturated carbocycles. The Hall–Kier alpha value is -0.610. The Labute approximate surface area is 83.8 Å². The van der Waals surface area contributed by atoms with Gasteiger partial charge in [-0.15, -0.1) is 0 Å². The fraction of sp³-hybridized carbons (Fsp3) is 0.900. The highest BCUT2D eigenvalue weighted by Gasteiger charge is 2.27. The van der Waals surface area contributed by atoms with E-state index in [1.54, 1.807) is 4.90 Å². The first-order valence-corrected chi connectivity index (χ1v) is 5.33. The molecule has 1 amide bonds. The first kappa shape index (κ1) is 9.93. The van der Waals surface area contributed by atoms with Gasteiger partial charge in [-0.2, -0.15) is 0 Å². The van der Waals surface area contributed by atoms with Crippen LogP contribution in [0.25, 0.3) is 0 Å². The van der Waals surface area contributed by atoms with Crippen LogP contribution in [0.1, 0.15) is 25.7 Å². The summed E-state index contributed by atoms with van der Waals surface area (Å²) in [5.41, 5.74) is 0. The minimum atomic E-state index is -0.339. The van der Waals surface area contributed by atoms with Crippen molar-refractivity contribution in [2.45, 2.75) is 37.9 Å². The highest BCUT2D eigenvalue weighted by molar-refractivity contribution is 5.77. The summed E-state index contributed by atoms with van der Waals surface area (Å²) in [7, 11) is 0. The molecular weight excluding hydrogens is 182 g/mol.